The number of ether oxygens (including phenoxy) is 1. The quantitative estimate of drug-likeness (QED) is 0.292. The molecule has 0 bridgehead atoms. The Bertz CT molecular complexity index is 1090. The van der Waals surface area contributed by atoms with E-state index in [1.165, 1.54) is 43.3 Å². The van der Waals surface area contributed by atoms with Crippen molar-refractivity contribution in [3.05, 3.63) is 88.5 Å². The van der Waals surface area contributed by atoms with Gasteiger partial charge in [-0.15, -0.1) is 0 Å². The first-order valence-electron chi connectivity index (χ1n) is 8.85. The van der Waals surface area contributed by atoms with Crippen LogP contribution in [0.3, 0.4) is 0 Å². The molecule has 3 aromatic rings. The molecule has 0 aliphatic carbocycles. The highest BCUT2D eigenvalue weighted by Gasteiger charge is 2.16. The molecule has 3 rings (SSSR count). The Morgan fingerprint density at radius 1 is 1.03 bits per heavy atom. The summed E-state index contributed by atoms with van der Waals surface area (Å²) >= 11 is 0. The Kier molecular flexibility index (Phi) is 5.99. The molecule has 146 valence electrons. The van der Waals surface area contributed by atoms with Crippen LogP contribution < -0.4 is 5.32 Å². The van der Waals surface area contributed by atoms with Gasteiger partial charge in [-0.1, -0.05) is 30.3 Å². The van der Waals surface area contributed by atoms with Gasteiger partial charge >= 0.3 is 5.97 Å². The maximum Gasteiger partial charge on any atom is 0.331 e. The maximum absolute atomic E-state index is 12.3. The molecule has 0 saturated heterocycles. The van der Waals surface area contributed by atoms with Gasteiger partial charge in [0.1, 0.15) is 0 Å². The average molecular weight is 390 g/mol. The largest absolute Gasteiger partial charge is 0.449 e. The van der Waals surface area contributed by atoms with Crippen LogP contribution in [0.1, 0.15) is 12.5 Å². The number of carbonyl (C=O) groups is 2. The molecule has 0 aromatic heterocycles. The summed E-state index contributed by atoms with van der Waals surface area (Å²) in [5.74, 6) is -1.14. The molecule has 0 aliphatic rings. The van der Waals surface area contributed by atoms with Crippen molar-refractivity contribution in [3.63, 3.8) is 0 Å². The van der Waals surface area contributed by atoms with E-state index in [1.807, 2.05) is 36.4 Å². The number of nitro benzene ring substituents is 1. The molecule has 0 unspecified atom stereocenters. The van der Waals surface area contributed by atoms with E-state index in [0.29, 0.717) is 11.3 Å². The highest BCUT2D eigenvalue weighted by atomic mass is 16.6. The van der Waals surface area contributed by atoms with Crippen LogP contribution in [0.25, 0.3) is 16.8 Å². The van der Waals surface area contributed by atoms with Crippen LogP contribution in [-0.2, 0) is 14.3 Å². The van der Waals surface area contributed by atoms with Gasteiger partial charge < -0.3 is 10.1 Å². The van der Waals surface area contributed by atoms with Crippen LogP contribution in [0, 0.1) is 10.1 Å². The zero-order valence-corrected chi connectivity index (χ0v) is 15.6. The minimum Gasteiger partial charge on any atom is -0.449 e. The predicted octanol–water partition coefficient (Wildman–Crippen LogP) is 4.33. The molecule has 1 amide bonds. The second-order valence-electron chi connectivity index (χ2n) is 6.31. The molecule has 0 saturated carbocycles. The van der Waals surface area contributed by atoms with E-state index in [1.54, 1.807) is 6.07 Å². The van der Waals surface area contributed by atoms with Crippen LogP contribution in [0.15, 0.2) is 72.8 Å². The van der Waals surface area contributed by atoms with Crippen molar-refractivity contribution < 1.29 is 19.2 Å². The van der Waals surface area contributed by atoms with Gasteiger partial charge in [-0.2, -0.15) is 0 Å². The molecule has 3 aromatic carbocycles. The Morgan fingerprint density at radius 3 is 2.41 bits per heavy atom. The fraction of sp³-hybridized carbons (Fsp3) is 0.0909. The van der Waals surface area contributed by atoms with Crippen LogP contribution >= 0.6 is 0 Å². The Balaban J connectivity index is 1.56. The monoisotopic (exact) mass is 390 g/mol. The number of esters is 1. The van der Waals surface area contributed by atoms with E-state index in [2.05, 4.69) is 5.32 Å². The molecule has 0 spiro atoms. The lowest BCUT2D eigenvalue weighted by molar-refractivity contribution is -0.384. The van der Waals surface area contributed by atoms with Gasteiger partial charge in [-0.25, -0.2) is 4.79 Å². The number of nitro groups is 1. The van der Waals surface area contributed by atoms with E-state index in [-0.39, 0.29) is 5.69 Å². The van der Waals surface area contributed by atoms with Crippen LogP contribution in [0.5, 0.6) is 0 Å². The van der Waals surface area contributed by atoms with Crippen molar-refractivity contribution in [1.29, 1.82) is 0 Å². The van der Waals surface area contributed by atoms with Gasteiger partial charge in [-0.05, 0) is 53.6 Å². The molecule has 0 heterocycles. The number of nitrogens with one attached hydrogen (secondary N) is 1. The molecular weight excluding hydrogens is 372 g/mol. The number of anilines is 1. The Morgan fingerprint density at radius 2 is 1.72 bits per heavy atom. The van der Waals surface area contributed by atoms with Gasteiger partial charge in [0.25, 0.3) is 11.6 Å². The molecular formula is C22H18N2O5. The lowest BCUT2D eigenvalue weighted by Crippen LogP contribution is -2.29. The molecule has 7 nitrogen and oxygen atoms in total. The number of carbonyl (C=O) groups excluding carboxylic acids is 2. The number of non-ortho nitro benzene ring substituents is 1. The molecule has 0 radical (unpaired) electrons. The summed E-state index contributed by atoms with van der Waals surface area (Å²) in [6.45, 7) is 1.48. The zero-order chi connectivity index (χ0) is 20.8. The fourth-order valence-corrected chi connectivity index (χ4v) is 2.65. The summed E-state index contributed by atoms with van der Waals surface area (Å²) in [5.41, 5.74) is 1.17. The first-order chi connectivity index (χ1) is 13.9. The lowest BCUT2D eigenvalue weighted by atomic mass is 10.1. The van der Waals surface area contributed by atoms with Crippen LogP contribution in [0.2, 0.25) is 0 Å². The van der Waals surface area contributed by atoms with E-state index >= 15 is 0 Å². The normalized spacial score (nSPS) is 11.9. The summed E-state index contributed by atoms with van der Waals surface area (Å²) in [6.07, 6.45) is 1.64. The Labute approximate surface area is 166 Å². The van der Waals surface area contributed by atoms with Crippen molar-refractivity contribution in [2.24, 2.45) is 0 Å². The van der Waals surface area contributed by atoms with E-state index in [4.69, 9.17) is 4.74 Å². The number of hydrogen-bond acceptors (Lipinski definition) is 5. The molecule has 0 fully saturated rings. The predicted molar refractivity (Wildman–Crippen MR) is 110 cm³/mol. The molecule has 29 heavy (non-hydrogen) atoms. The van der Waals surface area contributed by atoms with Crippen molar-refractivity contribution in [3.8, 4) is 0 Å². The number of nitrogens with zero attached hydrogens (tertiary/aromatic N) is 1. The van der Waals surface area contributed by atoms with E-state index < -0.39 is 22.9 Å². The summed E-state index contributed by atoms with van der Waals surface area (Å²) in [7, 11) is 0. The van der Waals surface area contributed by atoms with E-state index in [0.717, 1.165) is 10.8 Å². The SMILES string of the molecule is C[C@@H](OC(=O)/C=C/c1ccc([N+](=O)[O-])cc1)C(=O)Nc1ccc2ccccc2c1. The number of amides is 1. The number of hydrogen-bond donors (Lipinski definition) is 1. The summed E-state index contributed by atoms with van der Waals surface area (Å²) < 4.78 is 5.11. The van der Waals surface area contributed by atoms with Crippen molar-refractivity contribution in [2.75, 3.05) is 5.32 Å². The van der Waals surface area contributed by atoms with Gasteiger partial charge in [0.2, 0.25) is 0 Å². The highest BCUT2D eigenvalue weighted by Crippen LogP contribution is 2.19. The third kappa shape index (κ3) is 5.26. The van der Waals surface area contributed by atoms with Crippen molar-refractivity contribution in [2.45, 2.75) is 13.0 Å². The standard InChI is InChI=1S/C22H18N2O5/c1-15(22(26)23-19-10-9-17-4-2-3-5-18(17)14-19)29-21(25)13-8-16-6-11-20(12-7-16)24(27)28/h2-15H,1H3,(H,23,26)/b13-8+/t15-/m1/s1. The lowest BCUT2D eigenvalue weighted by Gasteiger charge is -2.13. The third-order valence-electron chi connectivity index (χ3n) is 4.19. The topological polar surface area (TPSA) is 98.5 Å². The van der Waals surface area contributed by atoms with Crippen LogP contribution in [-0.4, -0.2) is 22.9 Å². The smallest absolute Gasteiger partial charge is 0.331 e. The molecule has 1 N–H and O–H groups in total. The highest BCUT2D eigenvalue weighted by molar-refractivity contribution is 5.98. The maximum atomic E-state index is 12.3. The first kappa shape index (κ1) is 19.8. The average Bonchev–Trinajstić information content (AvgIpc) is 2.72. The first-order valence-corrected chi connectivity index (χ1v) is 8.85. The summed E-state index contributed by atoms with van der Waals surface area (Å²) in [5, 5.41) is 15.4. The number of benzene rings is 3. The van der Waals surface area contributed by atoms with E-state index in [9.17, 15) is 19.7 Å². The molecule has 0 aliphatic heterocycles. The van der Waals surface area contributed by atoms with Gasteiger partial charge in [0.15, 0.2) is 6.10 Å². The molecule has 7 heteroatoms. The molecule has 1 atom stereocenters. The summed E-state index contributed by atoms with van der Waals surface area (Å²) in [6, 6.07) is 19.0. The Hall–Kier alpha value is -4.00. The van der Waals surface area contributed by atoms with Gasteiger partial charge in [-0.3, -0.25) is 14.9 Å². The fourth-order valence-electron chi connectivity index (χ4n) is 2.65. The van der Waals surface area contributed by atoms with Gasteiger partial charge in [0.05, 0.1) is 4.92 Å². The van der Waals surface area contributed by atoms with Crippen LogP contribution in [0.4, 0.5) is 11.4 Å². The van der Waals surface area contributed by atoms with Crippen molar-refractivity contribution >= 4 is 40.1 Å². The zero-order valence-electron chi connectivity index (χ0n) is 15.6. The second kappa shape index (κ2) is 8.79. The summed E-state index contributed by atoms with van der Waals surface area (Å²) in [4.78, 5) is 34.4. The van der Waals surface area contributed by atoms with Gasteiger partial charge in [0, 0.05) is 23.9 Å². The van der Waals surface area contributed by atoms with Crippen molar-refractivity contribution in [1.82, 2.24) is 0 Å². The minimum absolute atomic E-state index is 0.0382. The second-order valence-corrected chi connectivity index (χ2v) is 6.31. The number of fused-ring (bicyclic) bond motifs is 1. The third-order valence-corrected chi connectivity index (χ3v) is 4.19. The minimum atomic E-state index is -0.990. The number of rotatable bonds is 6.